The van der Waals surface area contributed by atoms with Gasteiger partial charge in [0.2, 0.25) is 0 Å². The summed E-state index contributed by atoms with van der Waals surface area (Å²) >= 11 is 3.41. The number of nitrogens with zero attached hydrogens (tertiary/aromatic N) is 1. The summed E-state index contributed by atoms with van der Waals surface area (Å²) in [5.74, 6) is 0.245. The molecule has 2 amide bonds. The molecule has 1 unspecified atom stereocenters. The van der Waals surface area contributed by atoms with Crippen molar-refractivity contribution >= 4 is 33.6 Å². The molecule has 34 heavy (non-hydrogen) atoms. The minimum atomic E-state index is -0.967. The highest BCUT2D eigenvalue weighted by atomic mass is 79.9. The second-order valence-corrected chi connectivity index (χ2v) is 9.43. The summed E-state index contributed by atoms with van der Waals surface area (Å²) in [5.41, 5.74) is 1.62. The van der Waals surface area contributed by atoms with E-state index in [0.717, 1.165) is 35.1 Å². The Balaban J connectivity index is 1.54. The van der Waals surface area contributed by atoms with E-state index in [1.165, 1.54) is 12.8 Å². The molecular weight excluding hydrogens is 500 g/mol. The smallest absolute Gasteiger partial charge is 0.333 e. The van der Waals surface area contributed by atoms with Crippen molar-refractivity contribution in [2.45, 2.75) is 45.1 Å². The van der Waals surface area contributed by atoms with Crippen LogP contribution in [0.2, 0.25) is 0 Å². The number of carbonyl (C=O) groups excluding carboxylic acids is 1. The zero-order valence-electron chi connectivity index (χ0n) is 19.5. The molecule has 2 N–H and O–H groups in total. The quantitative estimate of drug-likeness (QED) is 0.372. The van der Waals surface area contributed by atoms with Gasteiger partial charge in [0.15, 0.2) is 6.10 Å². The molecule has 1 saturated carbocycles. The summed E-state index contributed by atoms with van der Waals surface area (Å²) in [5, 5.41) is 12.2. The first-order valence-electron chi connectivity index (χ1n) is 11.8. The van der Waals surface area contributed by atoms with Crippen molar-refractivity contribution in [3.8, 4) is 5.75 Å². The molecule has 0 heterocycles. The number of carboxylic acids is 1. The van der Waals surface area contributed by atoms with Crippen molar-refractivity contribution in [2.24, 2.45) is 5.92 Å². The Bertz CT molecular complexity index is 914. The molecule has 0 radical (unpaired) electrons. The fourth-order valence-corrected chi connectivity index (χ4v) is 4.41. The molecule has 1 aliphatic rings. The van der Waals surface area contributed by atoms with Gasteiger partial charge in [-0.05, 0) is 67.6 Å². The van der Waals surface area contributed by atoms with Crippen LogP contribution in [0.1, 0.15) is 38.2 Å². The average molecular weight is 533 g/mol. The maximum absolute atomic E-state index is 13.0. The molecule has 184 valence electrons. The number of ether oxygens (including phenoxy) is 2. The summed E-state index contributed by atoms with van der Waals surface area (Å²) in [6.45, 7) is 3.70. The number of carboxylic acid groups (broad SMARTS) is 1. The van der Waals surface area contributed by atoms with E-state index in [9.17, 15) is 14.7 Å². The van der Waals surface area contributed by atoms with Crippen LogP contribution in [0.5, 0.6) is 5.75 Å². The molecule has 2 aromatic carbocycles. The van der Waals surface area contributed by atoms with Gasteiger partial charge in [-0.1, -0.05) is 40.9 Å². The third-order valence-electron chi connectivity index (χ3n) is 5.95. The van der Waals surface area contributed by atoms with Crippen LogP contribution in [0.4, 0.5) is 10.5 Å². The first kappa shape index (κ1) is 26.0. The van der Waals surface area contributed by atoms with Gasteiger partial charge < -0.3 is 24.8 Å². The summed E-state index contributed by atoms with van der Waals surface area (Å²) in [4.78, 5) is 26.1. The number of anilines is 1. The van der Waals surface area contributed by atoms with Crippen LogP contribution in [-0.2, 0) is 16.0 Å². The van der Waals surface area contributed by atoms with Crippen molar-refractivity contribution in [3.63, 3.8) is 0 Å². The van der Waals surface area contributed by atoms with Crippen LogP contribution < -0.4 is 10.1 Å². The fourth-order valence-electron chi connectivity index (χ4n) is 4.14. The Morgan fingerprint density at radius 2 is 1.79 bits per heavy atom. The lowest BCUT2D eigenvalue weighted by molar-refractivity contribution is -0.149. The van der Waals surface area contributed by atoms with E-state index < -0.39 is 12.1 Å². The van der Waals surface area contributed by atoms with Gasteiger partial charge >= 0.3 is 12.0 Å². The van der Waals surface area contributed by atoms with E-state index in [1.807, 2.05) is 53.4 Å². The van der Waals surface area contributed by atoms with Crippen LogP contribution in [0.3, 0.4) is 0 Å². The summed E-state index contributed by atoms with van der Waals surface area (Å²) in [6.07, 6.45) is 4.20. The SMILES string of the molecule is CCOC(Cc1ccc(OCCN(CC2CCCC2)C(=O)Nc2ccc(Br)cc2)cc1)C(=O)O. The number of amides is 2. The summed E-state index contributed by atoms with van der Waals surface area (Å²) in [7, 11) is 0. The van der Waals surface area contributed by atoms with Crippen LogP contribution in [0.15, 0.2) is 53.0 Å². The van der Waals surface area contributed by atoms with Gasteiger partial charge in [-0.25, -0.2) is 9.59 Å². The highest BCUT2D eigenvalue weighted by Gasteiger charge is 2.22. The van der Waals surface area contributed by atoms with E-state index in [0.29, 0.717) is 37.8 Å². The molecule has 1 fully saturated rings. The Labute approximate surface area is 209 Å². The number of urea groups is 1. The molecule has 0 spiro atoms. The first-order chi connectivity index (χ1) is 16.4. The number of benzene rings is 2. The molecule has 8 heteroatoms. The topological polar surface area (TPSA) is 88.1 Å². The van der Waals surface area contributed by atoms with Gasteiger partial charge in [0.1, 0.15) is 12.4 Å². The molecule has 1 aliphatic carbocycles. The zero-order chi connectivity index (χ0) is 24.3. The van der Waals surface area contributed by atoms with E-state index >= 15 is 0 Å². The predicted molar refractivity (Wildman–Crippen MR) is 135 cm³/mol. The number of rotatable bonds is 12. The van der Waals surface area contributed by atoms with Gasteiger partial charge in [0.25, 0.3) is 0 Å². The highest BCUT2D eigenvalue weighted by molar-refractivity contribution is 9.10. The van der Waals surface area contributed by atoms with Crippen LogP contribution >= 0.6 is 15.9 Å². The lowest BCUT2D eigenvalue weighted by Gasteiger charge is -2.26. The molecule has 2 aromatic rings. The van der Waals surface area contributed by atoms with Crippen LogP contribution in [0.25, 0.3) is 0 Å². The number of hydrogen-bond donors (Lipinski definition) is 2. The second kappa shape index (κ2) is 13.3. The van der Waals surface area contributed by atoms with E-state index in [2.05, 4.69) is 21.2 Å². The lowest BCUT2D eigenvalue weighted by atomic mass is 10.1. The number of carbonyl (C=O) groups is 2. The van der Waals surface area contributed by atoms with Crippen LogP contribution in [0, 0.1) is 5.92 Å². The van der Waals surface area contributed by atoms with Gasteiger partial charge in [0.05, 0.1) is 6.54 Å². The predicted octanol–water partition coefficient (Wildman–Crippen LogP) is 5.58. The number of aliphatic carboxylic acids is 1. The molecule has 0 saturated heterocycles. The minimum Gasteiger partial charge on any atom is -0.492 e. The molecule has 3 rings (SSSR count). The van der Waals surface area contributed by atoms with Crippen molar-refractivity contribution in [1.82, 2.24) is 4.90 Å². The summed E-state index contributed by atoms with van der Waals surface area (Å²) < 4.78 is 12.1. The van der Waals surface area contributed by atoms with E-state index in [-0.39, 0.29) is 6.03 Å². The third kappa shape index (κ3) is 8.33. The van der Waals surface area contributed by atoms with Crippen LogP contribution in [-0.4, -0.2) is 54.4 Å². The van der Waals surface area contributed by atoms with Crippen molar-refractivity contribution in [1.29, 1.82) is 0 Å². The average Bonchev–Trinajstić information content (AvgIpc) is 3.34. The Hall–Kier alpha value is -2.58. The largest absolute Gasteiger partial charge is 0.492 e. The lowest BCUT2D eigenvalue weighted by Crippen LogP contribution is -2.40. The molecule has 0 bridgehead atoms. The zero-order valence-corrected chi connectivity index (χ0v) is 21.1. The first-order valence-corrected chi connectivity index (χ1v) is 12.6. The molecule has 0 aromatic heterocycles. The molecule has 7 nitrogen and oxygen atoms in total. The maximum atomic E-state index is 13.0. The Morgan fingerprint density at radius 3 is 2.41 bits per heavy atom. The van der Waals surface area contributed by atoms with Crippen molar-refractivity contribution in [2.75, 3.05) is 31.6 Å². The van der Waals surface area contributed by atoms with E-state index in [4.69, 9.17) is 9.47 Å². The summed E-state index contributed by atoms with van der Waals surface area (Å²) in [6, 6.07) is 14.8. The second-order valence-electron chi connectivity index (χ2n) is 8.51. The number of halogens is 1. The maximum Gasteiger partial charge on any atom is 0.333 e. The normalized spacial score (nSPS) is 14.5. The van der Waals surface area contributed by atoms with Gasteiger partial charge in [0, 0.05) is 29.7 Å². The number of nitrogens with one attached hydrogen (secondary N) is 1. The van der Waals surface area contributed by atoms with Crippen molar-refractivity contribution < 1.29 is 24.2 Å². The Morgan fingerprint density at radius 1 is 1.12 bits per heavy atom. The van der Waals surface area contributed by atoms with E-state index in [1.54, 1.807) is 6.92 Å². The molecule has 1 atom stereocenters. The van der Waals surface area contributed by atoms with Gasteiger partial charge in [-0.15, -0.1) is 0 Å². The molecule has 0 aliphatic heterocycles. The van der Waals surface area contributed by atoms with Gasteiger partial charge in [-0.2, -0.15) is 0 Å². The minimum absolute atomic E-state index is 0.121. The fraction of sp³-hybridized carbons (Fsp3) is 0.462. The monoisotopic (exact) mass is 532 g/mol. The molecular formula is C26H33BrN2O5. The van der Waals surface area contributed by atoms with Crippen molar-refractivity contribution in [3.05, 3.63) is 58.6 Å². The highest BCUT2D eigenvalue weighted by Crippen LogP contribution is 2.26. The standard InChI is InChI=1S/C26H33BrN2O5/c1-2-33-24(25(30)31)17-19-7-13-23(14-8-19)34-16-15-29(18-20-5-3-4-6-20)26(32)28-22-11-9-21(27)10-12-22/h7-14,20,24H,2-6,15-18H2,1H3,(H,28,32)(H,30,31). The third-order valence-corrected chi connectivity index (χ3v) is 6.48. The van der Waals surface area contributed by atoms with Gasteiger partial charge in [-0.3, -0.25) is 0 Å². The number of hydrogen-bond acceptors (Lipinski definition) is 4. The Kier molecular flexibility index (Phi) is 10.2.